The average Bonchev–Trinajstić information content (AvgIpc) is 2.13. The minimum Gasteiger partial charge on any atom is -0.433 e. The summed E-state index contributed by atoms with van der Waals surface area (Å²) in [5.74, 6) is -1.98. The topological polar surface area (TPSA) is 26.3 Å². The number of carbonyl (C=O) groups excluding carboxylic acids is 1. The van der Waals surface area contributed by atoms with Crippen molar-refractivity contribution >= 4 is 21.7 Å². The fourth-order valence-electron chi connectivity index (χ4n) is 1.32. The van der Waals surface area contributed by atoms with Gasteiger partial charge in [-0.1, -0.05) is 0 Å². The third kappa shape index (κ3) is 3.18. The Morgan fingerprint density at radius 2 is 1.89 bits per heavy atom. The van der Waals surface area contributed by atoms with Crippen molar-refractivity contribution in [2.24, 2.45) is 0 Å². The highest BCUT2D eigenvalue weighted by Crippen LogP contribution is 2.41. The molecule has 1 aromatic rings. The Morgan fingerprint density at radius 3 is 2.28 bits per heavy atom. The monoisotopic (exact) mass is 332 g/mol. The van der Waals surface area contributed by atoms with Gasteiger partial charge in [-0.05, 0) is 35.0 Å². The molecule has 0 fully saturated rings. The summed E-state index contributed by atoms with van der Waals surface area (Å²) in [7, 11) is 0. The molecule has 0 atom stereocenters. The maximum Gasteiger partial charge on any atom is 0.419 e. The molecular weight excluding hydrogens is 327 g/mol. The van der Waals surface area contributed by atoms with Gasteiger partial charge in [-0.3, -0.25) is 4.79 Å². The maximum atomic E-state index is 12.6. The van der Waals surface area contributed by atoms with Gasteiger partial charge < -0.3 is 4.74 Å². The summed E-state index contributed by atoms with van der Waals surface area (Å²) in [6, 6.07) is 1.52. The van der Waals surface area contributed by atoms with E-state index in [1.54, 1.807) is 0 Å². The van der Waals surface area contributed by atoms with Crippen LogP contribution in [0.15, 0.2) is 16.6 Å². The second-order valence-electron chi connectivity index (χ2n) is 3.23. The van der Waals surface area contributed by atoms with E-state index in [0.717, 1.165) is 13.0 Å². The van der Waals surface area contributed by atoms with Gasteiger partial charge in [0.05, 0.1) is 11.1 Å². The summed E-state index contributed by atoms with van der Waals surface area (Å²) >= 11 is 2.83. The lowest BCUT2D eigenvalue weighted by Gasteiger charge is -2.17. The molecule has 0 heterocycles. The summed E-state index contributed by atoms with van der Waals surface area (Å²) < 4.78 is 66.0. The number of hydrogen-bond acceptors (Lipinski definition) is 2. The van der Waals surface area contributed by atoms with Crippen LogP contribution in [-0.4, -0.2) is 12.4 Å². The van der Waals surface area contributed by atoms with E-state index in [0.29, 0.717) is 6.07 Å². The third-order valence-electron chi connectivity index (χ3n) is 1.97. The Labute approximate surface area is 107 Å². The number of rotatable bonds is 3. The number of alkyl halides is 5. The largest absolute Gasteiger partial charge is 0.433 e. The van der Waals surface area contributed by atoms with Gasteiger partial charge in [0.1, 0.15) is 5.75 Å². The number of carbonyl (C=O) groups is 1. The van der Waals surface area contributed by atoms with E-state index in [4.69, 9.17) is 0 Å². The number of hydrogen-bond donors (Lipinski definition) is 0. The normalized spacial score (nSPS) is 11.8. The van der Waals surface area contributed by atoms with Crippen LogP contribution in [0, 0.1) is 0 Å². The fraction of sp³-hybridized carbons (Fsp3) is 0.300. The predicted octanol–water partition coefficient (Wildman–Crippen LogP) is 4.27. The molecule has 0 bridgehead atoms. The predicted molar refractivity (Wildman–Crippen MR) is 55.8 cm³/mol. The van der Waals surface area contributed by atoms with Gasteiger partial charge in [-0.25, -0.2) is 0 Å². The minimum atomic E-state index is -4.89. The Bertz CT molecular complexity index is 470. The molecule has 0 aliphatic carbocycles. The quantitative estimate of drug-likeness (QED) is 0.610. The van der Waals surface area contributed by atoms with Crippen molar-refractivity contribution in [2.45, 2.75) is 19.7 Å². The number of ketones is 1. The van der Waals surface area contributed by atoms with Crippen LogP contribution in [0.3, 0.4) is 0 Å². The molecule has 0 aliphatic heterocycles. The maximum absolute atomic E-state index is 12.6. The van der Waals surface area contributed by atoms with Crippen molar-refractivity contribution in [3.05, 3.63) is 27.7 Å². The highest BCUT2D eigenvalue weighted by Gasteiger charge is 2.37. The molecule has 1 aromatic carbocycles. The van der Waals surface area contributed by atoms with Crippen LogP contribution in [0.2, 0.25) is 0 Å². The minimum absolute atomic E-state index is 0.0429. The van der Waals surface area contributed by atoms with Crippen LogP contribution >= 0.6 is 15.9 Å². The van der Waals surface area contributed by atoms with Gasteiger partial charge in [0, 0.05) is 4.47 Å². The molecule has 0 aliphatic rings. The van der Waals surface area contributed by atoms with Gasteiger partial charge >= 0.3 is 12.8 Å². The van der Waals surface area contributed by atoms with E-state index >= 15 is 0 Å². The Hall–Kier alpha value is -1.18. The van der Waals surface area contributed by atoms with Crippen LogP contribution < -0.4 is 4.74 Å². The van der Waals surface area contributed by atoms with Crippen LogP contribution in [0.4, 0.5) is 22.0 Å². The highest BCUT2D eigenvalue weighted by molar-refractivity contribution is 9.10. The molecule has 8 heteroatoms. The molecule has 1 rings (SSSR count). The first-order valence-electron chi connectivity index (χ1n) is 4.50. The van der Waals surface area contributed by atoms with Crippen molar-refractivity contribution in [2.75, 3.05) is 0 Å². The third-order valence-corrected chi connectivity index (χ3v) is 2.63. The van der Waals surface area contributed by atoms with Crippen molar-refractivity contribution in [1.29, 1.82) is 0 Å². The zero-order chi connectivity index (χ0) is 14.1. The smallest absolute Gasteiger partial charge is 0.419 e. The lowest BCUT2D eigenvalue weighted by molar-refractivity contribution is -0.141. The molecule has 2 nitrogen and oxygen atoms in total. The Balaban J connectivity index is 3.54. The standard InChI is InChI=1S/C10H6BrF5O2/c1-4(17)7-6(11)3-2-5(10(14,15)16)8(7)18-9(12)13/h2-3,9H,1H3. The van der Waals surface area contributed by atoms with Gasteiger partial charge in [0.15, 0.2) is 5.78 Å². The second-order valence-corrected chi connectivity index (χ2v) is 4.09. The fourth-order valence-corrected chi connectivity index (χ4v) is 1.91. The summed E-state index contributed by atoms with van der Waals surface area (Å²) in [5, 5.41) is 0. The van der Waals surface area contributed by atoms with Crippen molar-refractivity contribution in [1.82, 2.24) is 0 Å². The van der Waals surface area contributed by atoms with Crippen molar-refractivity contribution < 1.29 is 31.5 Å². The molecule has 0 aromatic heterocycles. The zero-order valence-corrected chi connectivity index (χ0v) is 10.4. The van der Waals surface area contributed by atoms with Gasteiger partial charge in [-0.15, -0.1) is 0 Å². The lowest BCUT2D eigenvalue weighted by atomic mass is 10.1. The molecule has 0 radical (unpaired) electrons. The van der Waals surface area contributed by atoms with Crippen LogP contribution in [0.25, 0.3) is 0 Å². The second kappa shape index (κ2) is 5.21. The molecule has 18 heavy (non-hydrogen) atoms. The zero-order valence-electron chi connectivity index (χ0n) is 8.82. The molecule has 0 spiro atoms. The summed E-state index contributed by atoms with van der Waals surface area (Å²) in [6.45, 7) is -2.50. The van der Waals surface area contributed by atoms with E-state index in [2.05, 4.69) is 20.7 Å². The molecule has 0 saturated carbocycles. The van der Waals surface area contributed by atoms with Gasteiger partial charge in [0.2, 0.25) is 0 Å². The van der Waals surface area contributed by atoms with Crippen LogP contribution in [0.5, 0.6) is 5.75 Å². The van der Waals surface area contributed by atoms with Crippen molar-refractivity contribution in [3.8, 4) is 5.75 Å². The molecule has 0 saturated heterocycles. The molecule has 0 amide bonds. The van der Waals surface area contributed by atoms with E-state index < -0.39 is 35.4 Å². The van der Waals surface area contributed by atoms with Crippen molar-refractivity contribution in [3.63, 3.8) is 0 Å². The van der Waals surface area contributed by atoms with E-state index in [1.807, 2.05) is 0 Å². The average molecular weight is 333 g/mol. The first-order chi connectivity index (χ1) is 8.14. The molecular formula is C10H6BrF5O2. The Kier molecular flexibility index (Phi) is 4.31. The molecule has 0 N–H and O–H groups in total. The summed E-state index contributed by atoms with van der Waals surface area (Å²) in [4.78, 5) is 11.2. The summed E-state index contributed by atoms with van der Waals surface area (Å²) in [6.07, 6.45) is -4.89. The number of benzene rings is 1. The van der Waals surface area contributed by atoms with E-state index in [9.17, 15) is 26.7 Å². The number of halogens is 6. The Morgan fingerprint density at radius 1 is 1.33 bits per heavy atom. The van der Waals surface area contributed by atoms with E-state index in [-0.39, 0.29) is 4.47 Å². The lowest BCUT2D eigenvalue weighted by Crippen LogP contribution is -2.15. The van der Waals surface area contributed by atoms with Gasteiger partial charge in [0.25, 0.3) is 0 Å². The first-order valence-corrected chi connectivity index (χ1v) is 5.29. The van der Waals surface area contributed by atoms with Crippen LogP contribution in [-0.2, 0) is 6.18 Å². The van der Waals surface area contributed by atoms with Crippen LogP contribution in [0.1, 0.15) is 22.8 Å². The molecule has 100 valence electrons. The molecule has 0 unspecified atom stereocenters. The number of Topliss-reactive ketones (excluding diaryl/α,β-unsaturated/α-hetero) is 1. The highest BCUT2D eigenvalue weighted by atomic mass is 79.9. The van der Waals surface area contributed by atoms with E-state index in [1.165, 1.54) is 0 Å². The SMILES string of the molecule is CC(=O)c1c(Br)ccc(C(F)(F)F)c1OC(F)F. The summed E-state index contributed by atoms with van der Waals surface area (Å²) in [5.41, 5.74) is -1.98. The van der Waals surface area contributed by atoms with Gasteiger partial charge in [-0.2, -0.15) is 22.0 Å². The number of ether oxygens (including phenoxy) is 1. The first kappa shape index (κ1) is 14.9.